The van der Waals surface area contributed by atoms with Gasteiger partial charge in [0.15, 0.2) is 0 Å². The zero-order valence-corrected chi connectivity index (χ0v) is 8.28. The Morgan fingerprint density at radius 1 is 1.50 bits per heavy atom. The summed E-state index contributed by atoms with van der Waals surface area (Å²) in [4.78, 5) is 0. The molecule has 0 aromatic heterocycles. The molecule has 3 N–H and O–H groups in total. The molecule has 12 heavy (non-hydrogen) atoms. The summed E-state index contributed by atoms with van der Waals surface area (Å²) in [5.74, 6) is 0. The molecule has 0 spiro atoms. The van der Waals surface area contributed by atoms with E-state index in [2.05, 4.69) is 24.5 Å². The van der Waals surface area contributed by atoms with E-state index in [0.29, 0.717) is 6.54 Å². The van der Waals surface area contributed by atoms with Crippen molar-refractivity contribution in [1.29, 1.82) is 0 Å². The van der Waals surface area contributed by atoms with Crippen LogP contribution in [-0.2, 0) is 0 Å². The lowest BCUT2D eigenvalue weighted by Gasteiger charge is -2.46. The first kappa shape index (κ1) is 9.96. The highest BCUT2D eigenvalue weighted by Gasteiger charge is 2.44. The van der Waals surface area contributed by atoms with Gasteiger partial charge in [-0.25, -0.2) is 0 Å². The second kappa shape index (κ2) is 3.32. The number of likely N-dealkylation sites (N-methyl/N-ethyl adjacent to an activating group) is 1. The lowest BCUT2D eigenvalue weighted by atomic mass is 9.70. The summed E-state index contributed by atoms with van der Waals surface area (Å²) in [5.41, 5.74) is -0.582. The summed E-state index contributed by atoms with van der Waals surface area (Å²) >= 11 is 0. The maximum atomic E-state index is 10.3. The third kappa shape index (κ3) is 1.63. The summed E-state index contributed by atoms with van der Waals surface area (Å²) in [5, 5.41) is 16.7. The summed E-state index contributed by atoms with van der Waals surface area (Å²) in [6.45, 7) is 6.71. The Morgan fingerprint density at radius 2 is 2.17 bits per heavy atom. The van der Waals surface area contributed by atoms with Crippen LogP contribution in [0.4, 0.5) is 0 Å². The molecule has 0 amide bonds. The minimum atomic E-state index is -0.549. The van der Waals surface area contributed by atoms with Gasteiger partial charge in [-0.1, -0.05) is 13.8 Å². The Morgan fingerprint density at radius 3 is 2.67 bits per heavy atom. The highest BCUT2D eigenvalue weighted by molar-refractivity contribution is 4.99. The number of aliphatic hydroxyl groups is 1. The molecule has 1 fully saturated rings. The smallest absolute Gasteiger partial charge is 0.0846 e. The minimum absolute atomic E-state index is 0.0335. The Labute approximate surface area is 74.5 Å². The van der Waals surface area contributed by atoms with Crippen molar-refractivity contribution in [3.63, 3.8) is 0 Å². The van der Waals surface area contributed by atoms with Crippen LogP contribution in [0.2, 0.25) is 0 Å². The zero-order valence-electron chi connectivity index (χ0n) is 8.28. The molecule has 1 aliphatic rings. The van der Waals surface area contributed by atoms with Gasteiger partial charge in [0.25, 0.3) is 0 Å². The maximum Gasteiger partial charge on any atom is 0.0846 e. The van der Waals surface area contributed by atoms with E-state index < -0.39 is 5.60 Å². The molecule has 1 heterocycles. The third-order valence-corrected chi connectivity index (χ3v) is 3.01. The first-order chi connectivity index (χ1) is 5.52. The molecule has 0 aromatic carbocycles. The molecular formula is C9H20N2O. The molecule has 1 rings (SSSR count). The average molecular weight is 172 g/mol. The molecular weight excluding hydrogens is 152 g/mol. The number of hydrogen-bond acceptors (Lipinski definition) is 3. The molecule has 3 nitrogen and oxygen atoms in total. The van der Waals surface area contributed by atoms with E-state index in [1.165, 1.54) is 0 Å². The number of piperidine rings is 1. The molecule has 3 heteroatoms. The van der Waals surface area contributed by atoms with Gasteiger partial charge < -0.3 is 15.7 Å². The second-order valence-electron chi connectivity index (χ2n) is 4.37. The molecule has 1 saturated heterocycles. The number of nitrogens with one attached hydrogen (secondary N) is 2. The number of hydrogen-bond donors (Lipinski definition) is 3. The van der Waals surface area contributed by atoms with Crippen molar-refractivity contribution in [2.75, 3.05) is 26.7 Å². The van der Waals surface area contributed by atoms with Gasteiger partial charge >= 0.3 is 0 Å². The fraction of sp³-hybridized carbons (Fsp3) is 1.00. The fourth-order valence-corrected chi connectivity index (χ4v) is 1.82. The van der Waals surface area contributed by atoms with Gasteiger partial charge in [-0.2, -0.15) is 0 Å². The SMILES string of the molecule is CNCC1(O)CCNCC1(C)C. The number of rotatable bonds is 2. The molecule has 0 aliphatic carbocycles. The summed E-state index contributed by atoms with van der Waals surface area (Å²) in [7, 11) is 1.89. The summed E-state index contributed by atoms with van der Waals surface area (Å²) in [6.07, 6.45) is 0.834. The Kier molecular flexibility index (Phi) is 2.76. The van der Waals surface area contributed by atoms with Gasteiger partial charge in [0.2, 0.25) is 0 Å². The molecule has 1 unspecified atom stereocenters. The first-order valence-electron chi connectivity index (χ1n) is 4.59. The van der Waals surface area contributed by atoms with E-state index in [1.807, 2.05) is 7.05 Å². The topological polar surface area (TPSA) is 44.3 Å². The van der Waals surface area contributed by atoms with E-state index in [9.17, 15) is 5.11 Å². The average Bonchev–Trinajstić information content (AvgIpc) is 1.96. The van der Waals surface area contributed by atoms with Crippen molar-refractivity contribution in [3.8, 4) is 0 Å². The largest absolute Gasteiger partial charge is 0.388 e. The Hall–Kier alpha value is -0.120. The van der Waals surface area contributed by atoms with E-state index in [0.717, 1.165) is 19.5 Å². The van der Waals surface area contributed by atoms with E-state index >= 15 is 0 Å². The van der Waals surface area contributed by atoms with Gasteiger partial charge in [0, 0.05) is 18.5 Å². The van der Waals surface area contributed by atoms with Crippen LogP contribution >= 0.6 is 0 Å². The summed E-state index contributed by atoms with van der Waals surface area (Å²) in [6, 6.07) is 0. The Bertz CT molecular complexity index is 155. The van der Waals surface area contributed by atoms with Crippen molar-refractivity contribution in [1.82, 2.24) is 10.6 Å². The monoisotopic (exact) mass is 172 g/mol. The maximum absolute atomic E-state index is 10.3. The van der Waals surface area contributed by atoms with Crippen LogP contribution in [-0.4, -0.2) is 37.4 Å². The predicted octanol–water partition coefficient (Wildman–Crippen LogP) is -0.0436. The zero-order chi connectivity index (χ0) is 9.24. The van der Waals surface area contributed by atoms with E-state index in [-0.39, 0.29) is 5.41 Å². The quantitative estimate of drug-likeness (QED) is 0.547. The van der Waals surface area contributed by atoms with E-state index in [1.54, 1.807) is 0 Å². The highest BCUT2D eigenvalue weighted by atomic mass is 16.3. The van der Waals surface area contributed by atoms with Gasteiger partial charge in [0.1, 0.15) is 0 Å². The van der Waals surface area contributed by atoms with E-state index in [4.69, 9.17) is 0 Å². The highest BCUT2D eigenvalue weighted by Crippen LogP contribution is 2.34. The third-order valence-electron chi connectivity index (χ3n) is 3.01. The predicted molar refractivity (Wildman–Crippen MR) is 50.1 cm³/mol. The molecule has 1 aliphatic heterocycles. The second-order valence-corrected chi connectivity index (χ2v) is 4.37. The lowest BCUT2D eigenvalue weighted by molar-refractivity contribution is -0.0842. The van der Waals surface area contributed by atoms with Crippen molar-refractivity contribution in [2.24, 2.45) is 5.41 Å². The molecule has 0 bridgehead atoms. The van der Waals surface area contributed by atoms with Crippen LogP contribution in [0.3, 0.4) is 0 Å². The summed E-state index contributed by atoms with van der Waals surface area (Å²) < 4.78 is 0. The normalized spacial score (nSPS) is 35.0. The van der Waals surface area contributed by atoms with Crippen molar-refractivity contribution in [3.05, 3.63) is 0 Å². The van der Waals surface area contributed by atoms with Crippen molar-refractivity contribution in [2.45, 2.75) is 25.9 Å². The lowest BCUT2D eigenvalue weighted by Crippen LogP contribution is -2.60. The molecule has 0 aromatic rings. The Balaban J connectivity index is 2.69. The first-order valence-corrected chi connectivity index (χ1v) is 4.59. The van der Waals surface area contributed by atoms with Crippen molar-refractivity contribution < 1.29 is 5.11 Å². The van der Waals surface area contributed by atoms with Crippen LogP contribution < -0.4 is 10.6 Å². The van der Waals surface area contributed by atoms with Gasteiger partial charge in [0.05, 0.1) is 5.60 Å². The van der Waals surface area contributed by atoms with Gasteiger partial charge in [-0.05, 0) is 20.0 Å². The standard InChI is InChI=1S/C9H20N2O/c1-8(2)6-11-5-4-9(8,12)7-10-3/h10-12H,4-7H2,1-3H3. The molecule has 72 valence electrons. The molecule has 0 radical (unpaired) electrons. The molecule has 0 saturated carbocycles. The van der Waals surface area contributed by atoms with Crippen LogP contribution in [0, 0.1) is 5.41 Å². The van der Waals surface area contributed by atoms with Gasteiger partial charge in [-0.3, -0.25) is 0 Å². The van der Waals surface area contributed by atoms with Crippen LogP contribution in [0.25, 0.3) is 0 Å². The van der Waals surface area contributed by atoms with Crippen LogP contribution in [0.15, 0.2) is 0 Å². The van der Waals surface area contributed by atoms with Crippen LogP contribution in [0.5, 0.6) is 0 Å². The van der Waals surface area contributed by atoms with Crippen molar-refractivity contribution >= 4 is 0 Å². The van der Waals surface area contributed by atoms with Crippen LogP contribution in [0.1, 0.15) is 20.3 Å². The molecule has 1 atom stereocenters. The minimum Gasteiger partial charge on any atom is -0.388 e. The fourth-order valence-electron chi connectivity index (χ4n) is 1.82. The van der Waals surface area contributed by atoms with Gasteiger partial charge in [-0.15, -0.1) is 0 Å².